The minimum Gasteiger partial charge on any atom is -0.352 e. The highest BCUT2D eigenvalue weighted by Crippen LogP contribution is 2.11. The van der Waals surface area contributed by atoms with Gasteiger partial charge in [-0.3, -0.25) is 4.79 Å². The maximum absolute atomic E-state index is 11.7. The lowest BCUT2D eigenvalue weighted by molar-refractivity contribution is 0.0945. The zero-order valence-corrected chi connectivity index (χ0v) is 10.8. The maximum atomic E-state index is 11.7. The Hall–Kier alpha value is -1.16. The van der Waals surface area contributed by atoms with Crippen LogP contribution in [0.2, 0.25) is 0 Å². The Kier molecular flexibility index (Phi) is 6.55. The summed E-state index contributed by atoms with van der Waals surface area (Å²) in [6.07, 6.45) is 6.10. The molecule has 1 heterocycles. The number of rotatable bonds is 7. The molecular weight excluding hydrogens is 238 g/mol. The second-order valence-electron chi connectivity index (χ2n) is 3.97. The number of carbonyl (C=O) groups excluding carboxylic acids is 1. The average molecular weight is 256 g/mol. The summed E-state index contributed by atoms with van der Waals surface area (Å²) in [6.45, 7) is 2.80. The van der Waals surface area contributed by atoms with Crippen LogP contribution in [0.15, 0.2) is 18.5 Å². The fourth-order valence-corrected chi connectivity index (χ4v) is 1.98. The third kappa shape index (κ3) is 5.13. The van der Waals surface area contributed by atoms with E-state index >= 15 is 0 Å². The van der Waals surface area contributed by atoms with Gasteiger partial charge in [-0.15, -0.1) is 11.6 Å². The SMILES string of the molecule is CCCC(CCCl)CNC(=O)c1ccnnc1. The van der Waals surface area contributed by atoms with Crippen LogP contribution < -0.4 is 5.32 Å². The topological polar surface area (TPSA) is 54.9 Å². The molecule has 0 aliphatic heterocycles. The average Bonchev–Trinajstić information content (AvgIpc) is 2.37. The highest BCUT2D eigenvalue weighted by atomic mass is 35.5. The number of nitrogens with zero attached hydrogens (tertiary/aromatic N) is 2. The first kappa shape index (κ1) is 13.9. The summed E-state index contributed by atoms with van der Waals surface area (Å²) in [4.78, 5) is 11.7. The van der Waals surface area contributed by atoms with E-state index in [0.717, 1.165) is 19.3 Å². The molecule has 1 unspecified atom stereocenters. The van der Waals surface area contributed by atoms with E-state index in [9.17, 15) is 4.79 Å². The molecule has 0 aliphatic carbocycles. The van der Waals surface area contributed by atoms with Crippen molar-refractivity contribution in [2.24, 2.45) is 5.92 Å². The van der Waals surface area contributed by atoms with Crippen molar-refractivity contribution in [3.8, 4) is 0 Å². The van der Waals surface area contributed by atoms with Crippen molar-refractivity contribution in [1.29, 1.82) is 0 Å². The molecule has 0 aromatic carbocycles. The molecule has 4 nitrogen and oxygen atoms in total. The van der Waals surface area contributed by atoms with Gasteiger partial charge in [-0.05, 0) is 24.8 Å². The number of carbonyl (C=O) groups is 1. The molecule has 1 N–H and O–H groups in total. The molecule has 0 aliphatic rings. The van der Waals surface area contributed by atoms with Gasteiger partial charge in [0.25, 0.3) is 5.91 Å². The first-order valence-corrected chi connectivity index (χ1v) is 6.42. The van der Waals surface area contributed by atoms with Crippen LogP contribution in [0.1, 0.15) is 36.5 Å². The zero-order chi connectivity index (χ0) is 12.5. The van der Waals surface area contributed by atoms with Crippen molar-refractivity contribution >= 4 is 17.5 Å². The van der Waals surface area contributed by atoms with Gasteiger partial charge in [0.05, 0.1) is 18.0 Å². The van der Waals surface area contributed by atoms with E-state index in [1.165, 1.54) is 12.4 Å². The van der Waals surface area contributed by atoms with E-state index < -0.39 is 0 Å². The minimum absolute atomic E-state index is 0.101. The Morgan fingerprint density at radius 3 is 2.88 bits per heavy atom. The molecule has 0 bridgehead atoms. The van der Waals surface area contributed by atoms with E-state index in [1.54, 1.807) is 6.07 Å². The molecule has 0 radical (unpaired) electrons. The lowest BCUT2D eigenvalue weighted by Crippen LogP contribution is -2.29. The molecule has 1 atom stereocenters. The Morgan fingerprint density at radius 2 is 2.29 bits per heavy atom. The van der Waals surface area contributed by atoms with Gasteiger partial charge in [0.2, 0.25) is 0 Å². The molecule has 1 aromatic rings. The normalized spacial score (nSPS) is 12.1. The van der Waals surface area contributed by atoms with Gasteiger partial charge in [0.1, 0.15) is 0 Å². The predicted molar refractivity (Wildman–Crippen MR) is 68.1 cm³/mol. The summed E-state index contributed by atoms with van der Waals surface area (Å²) < 4.78 is 0. The highest BCUT2D eigenvalue weighted by molar-refractivity contribution is 6.17. The second-order valence-corrected chi connectivity index (χ2v) is 4.35. The van der Waals surface area contributed by atoms with Crippen molar-refractivity contribution in [3.63, 3.8) is 0 Å². The molecule has 0 saturated carbocycles. The van der Waals surface area contributed by atoms with Crippen LogP contribution in [0, 0.1) is 5.92 Å². The van der Waals surface area contributed by atoms with Crippen LogP contribution in [-0.4, -0.2) is 28.5 Å². The summed E-state index contributed by atoms with van der Waals surface area (Å²) >= 11 is 5.73. The van der Waals surface area contributed by atoms with Crippen LogP contribution in [-0.2, 0) is 0 Å². The molecular formula is C12H18ClN3O. The molecule has 5 heteroatoms. The quantitative estimate of drug-likeness (QED) is 0.761. The number of nitrogens with one attached hydrogen (secondary N) is 1. The lowest BCUT2D eigenvalue weighted by Gasteiger charge is -2.15. The summed E-state index contributed by atoms with van der Waals surface area (Å²) in [5.41, 5.74) is 0.543. The number of aromatic nitrogens is 2. The van der Waals surface area contributed by atoms with E-state index in [1.807, 2.05) is 0 Å². The van der Waals surface area contributed by atoms with Crippen molar-refractivity contribution in [2.75, 3.05) is 12.4 Å². The minimum atomic E-state index is -0.101. The Labute approximate surface area is 107 Å². The third-order valence-corrected chi connectivity index (χ3v) is 2.83. The number of alkyl halides is 1. The number of hydrogen-bond acceptors (Lipinski definition) is 3. The monoisotopic (exact) mass is 255 g/mol. The smallest absolute Gasteiger partial charge is 0.252 e. The molecule has 1 rings (SSSR count). The molecule has 1 aromatic heterocycles. The second kappa shape index (κ2) is 8.01. The standard InChI is InChI=1S/C12H18ClN3O/c1-2-3-10(4-6-13)8-14-12(17)11-5-7-15-16-9-11/h5,7,9-10H,2-4,6,8H2,1H3,(H,14,17). The van der Waals surface area contributed by atoms with Gasteiger partial charge >= 0.3 is 0 Å². The Balaban J connectivity index is 2.41. The van der Waals surface area contributed by atoms with E-state index in [2.05, 4.69) is 22.4 Å². The largest absolute Gasteiger partial charge is 0.352 e. The number of hydrogen-bond donors (Lipinski definition) is 1. The summed E-state index contributed by atoms with van der Waals surface area (Å²) in [5, 5.41) is 10.2. The molecule has 0 fully saturated rings. The first-order chi connectivity index (χ1) is 8.27. The van der Waals surface area contributed by atoms with Gasteiger partial charge in [-0.1, -0.05) is 13.3 Å². The van der Waals surface area contributed by atoms with Crippen LogP contribution in [0.25, 0.3) is 0 Å². The molecule has 17 heavy (non-hydrogen) atoms. The summed E-state index contributed by atoms with van der Waals surface area (Å²) in [6, 6.07) is 1.65. The third-order valence-electron chi connectivity index (χ3n) is 2.61. The lowest BCUT2D eigenvalue weighted by atomic mass is 10.0. The number of halogens is 1. The van der Waals surface area contributed by atoms with Crippen LogP contribution >= 0.6 is 11.6 Å². The zero-order valence-electron chi connectivity index (χ0n) is 10.0. The fraction of sp³-hybridized carbons (Fsp3) is 0.583. The van der Waals surface area contributed by atoms with Crippen molar-refractivity contribution in [3.05, 3.63) is 24.0 Å². The van der Waals surface area contributed by atoms with Gasteiger partial charge in [-0.25, -0.2) is 0 Å². The number of amides is 1. The Morgan fingerprint density at radius 1 is 1.47 bits per heavy atom. The van der Waals surface area contributed by atoms with Crippen molar-refractivity contribution in [1.82, 2.24) is 15.5 Å². The van der Waals surface area contributed by atoms with E-state index in [4.69, 9.17) is 11.6 Å². The molecule has 1 amide bonds. The first-order valence-electron chi connectivity index (χ1n) is 5.88. The van der Waals surface area contributed by atoms with Gasteiger partial charge in [0.15, 0.2) is 0 Å². The highest BCUT2D eigenvalue weighted by Gasteiger charge is 2.10. The summed E-state index contributed by atoms with van der Waals surface area (Å²) in [7, 11) is 0. The van der Waals surface area contributed by atoms with Crippen molar-refractivity contribution in [2.45, 2.75) is 26.2 Å². The fourth-order valence-electron chi connectivity index (χ4n) is 1.68. The Bertz CT molecular complexity index is 326. The summed E-state index contributed by atoms with van der Waals surface area (Å²) in [5.74, 6) is 0.990. The molecule has 94 valence electrons. The molecule has 0 saturated heterocycles. The van der Waals surface area contributed by atoms with Crippen molar-refractivity contribution < 1.29 is 4.79 Å². The predicted octanol–water partition coefficient (Wildman–Crippen LogP) is 2.25. The van der Waals surface area contributed by atoms with Crippen LogP contribution in [0.4, 0.5) is 0 Å². The van der Waals surface area contributed by atoms with Gasteiger partial charge in [-0.2, -0.15) is 10.2 Å². The van der Waals surface area contributed by atoms with E-state index in [-0.39, 0.29) is 5.91 Å². The van der Waals surface area contributed by atoms with E-state index in [0.29, 0.717) is 23.9 Å². The van der Waals surface area contributed by atoms with Crippen LogP contribution in [0.3, 0.4) is 0 Å². The van der Waals surface area contributed by atoms with Crippen LogP contribution in [0.5, 0.6) is 0 Å². The maximum Gasteiger partial charge on any atom is 0.252 e. The van der Waals surface area contributed by atoms with Gasteiger partial charge in [0, 0.05) is 12.4 Å². The molecule has 0 spiro atoms. The van der Waals surface area contributed by atoms with Gasteiger partial charge < -0.3 is 5.32 Å².